The molecule has 0 amide bonds. The summed E-state index contributed by atoms with van der Waals surface area (Å²) in [6.07, 6.45) is 0. The Morgan fingerprint density at radius 3 is 2.33 bits per heavy atom. The molecule has 0 aliphatic heterocycles. The fourth-order valence-electron chi connectivity index (χ4n) is 0.834. The first-order valence-electron chi connectivity index (χ1n) is 4.67. The van der Waals surface area contributed by atoms with Gasteiger partial charge < -0.3 is 10.0 Å². The molecule has 0 saturated carbocycles. The Morgan fingerprint density at radius 2 is 2.00 bits per heavy atom. The van der Waals surface area contributed by atoms with E-state index in [0.29, 0.717) is 11.3 Å². The van der Waals surface area contributed by atoms with Crippen molar-refractivity contribution in [3.8, 4) is 0 Å². The lowest BCUT2D eigenvalue weighted by Crippen LogP contribution is -2.22. The molecule has 0 bridgehead atoms. The van der Waals surface area contributed by atoms with Crippen LogP contribution in [-0.2, 0) is 4.79 Å². The van der Waals surface area contributed by atoms with E-state index in [4.69, 9.17) is 12.2 Å². The maximum atomic E-state index is 11.1. The lowest BCUT2D eigenvalue weighted by atomic mass is 10.2. The first-order valence-corrected chi connectivity index (χ1v) is 6.07. The van der Waals surface area contributed by atoms with E-state index in [9.17, 15) is 9.90 Å². The van der Waals surface area contributed by atoms with Crippen molar-refractivity contribution in [1.82, 2.24) is 4.90 Å². The van der Waals surface area contributed by atoms with Crippen LogP contribution >= 0.6 is 24.0 Å². The van der Waals surface area contributed by atoms with Gasteiger partial charge in [0.2, 0.25) is 0 Å². The third-order valence-corrected chi connectivity index (χ3v) is 3.64. The maximum absolute atomic E-state index is 11.1. The molecule has 0 atom stereocenters. The number of hydrogen-bond donors (Lipinski definition) is 1. The molecule has 1 N–H and O–H groups in total. The van der Waals surface area contributed by atoms with Gasteiger partial charge in [-0.25, -0.2) is 0 Å². The van der Waals surface area contributed by atoms with E-state index in [0.717, 1.165) is 10.9 Å². The monoisotopic (exact) mass is 247 g/mol. The number of rotatable bonds is 4. The second kappa shape index (κ2) is 6.85. The van der Waals surface area contributed by atoms with E-state index >= 15 is 0 Å². The van der Waals surface area contributed by atoms with E-state index < -0.39 is 0 Å². The van der Waals surface area contributed by atoms with Gasteiger partial charge in [0.05, 0.1) is 5.76 Å². The lowest BCUT2D eigenvalue weighted by molar-refractivity contribution is -0.113. The number of carbonyl (C=O) groups is 1. The molecule has 5 heteroatoms. The summed E-state index contributed by atoms with van der Waals surface area (Å²) in [5, 5.41) is 9.28. The molecule has 0 rings (SSSR count). The molecule has 0 aromatic heterocycles. The van der Waals surface area contributed by atoms with Crippen molar-refractivity contribution in [2.75, 3.05) is 19.3 Å². The fourth-order valence-corrected chi connectivity index (χ4v) is 2.17. The second-order valence-corrected chi connectivity index (χ2v) is 4.80. The zero-order chi connectivity index (χ0) is 12.0. The average molecular weight is 247 g/mol. The van der Waals surface area contributed by atoms with Crippen LogP contribution in [0.4, 0.5) is 0 Å². The zero-order valence-corrected chi connectivity index (χ0v) is 11.2. The highest BCUT2D eigenvalue weighted by atomic mass is 32.2. The molecule has 0 saturated heterocycles. The highest BCUT2D eigenvalue weighted by Gasteiger charge is 2.11. The molecule has 0 heterocycles. The van der Waals surface area contributed by atoms with Crippen LogP contribution in [0.15, 0.2) is 11.3 Å². The first-order chi connectivity index (χ1) is 6.90. The number of allylic oxidation sites excluding steroid dienone is 1. The topological polar surface area (TPSA) is 40.5 Å². The molecular formula is C10H17NO2S2. The summed E-state index contributed by atoms with van der Waals surface area (Å²) in [6, 6.07) is 0. The molecule has 0 spiro atoms. The van der Waals surface area contributed by atoms with Crippen molar-refractivity contribution in [2.24, 2.45) is 0 Å². The summed E-state index contributed by atoms with van der Waals surface area (Å²) >= 11 is 6.53. The summed E-state index contributed by atoms with van der Waals surface area (Å²) in [5.74, 6) is 0.405. The number of aliphatic hydroxyl groups is 1. The van der Waals surface area contributed by atoms with Crippen LogP contribution in [0.3, 0.4) is 0 Å². The molecule has 0 unspecified atom stereocenters. The molecule has 15 heavy (non-hydrogen) atoms. The van der Waals surface area contributed by atoms with Gasteiger partial charge in [0.1, 0.15) is 4.32 Å². The van der Waals surface area contributed by atoms with Crippen molar-refractivity contribution < 1.29 is 9.90 Å². The minimum atomic E-state index is -0.107. The molecule has 86 valence electrons. The average Bonchev–Trinajstić information content (AvgIpc) is 2.15. The molecule has 0 aliphatic carbocycles. The van der Waals surface area contributed by atoms with Crippen LogP contribution in [0.25, 0.3) is 0 Å². The van der Waals surface area contributed by atoms with Gasteiger partial charge in [0.15, 0.2) is 5.78 Å². The van der Waals surface area contributed by atoms with E-state index in [1.165, 1.54) is 25.6 Å². The Balaban J connectivity index is 4.32. The number of carbonyl (C=O) groups excluding carboxylic acids is 1. The van der Waals surface area contributed by atoms with Gasteiger partial charge in [-0.2, -0.15) is 0 Å². The predicted molar refractivity (Wildman–Crippen MR) is 69.4 cm³/mol. The van der Waals surface area contributed by atoms with Gasteiger partial charge in [-0.15, -0.1) is 0 Å². The molecule has 0 radical (unpaired) electrons. The van der Waals surface area contributed by atoms with Crippen molar-refractivity contribution in [1.29, 1.82) is 0 Å². The molecule has 0 fully saturated rings. The largest absolute Gasteiger partial charge is 0.512 e. The van der Waals surface area contributed by atoms with Gasteiger partial charge in [0, 0.05) is 24.9 Å². The number of aliphatic hydroxyl groups excluding tert-OH is 1. The Labute approximate surface area is 101 Å². The third-order valence-electron chi connectivity index (χ3n) is 1.99. The van der Waals surface area contributed by atoms with Gasteiger partial charge in [0.25, 0.3) is 0 Å². The second-order valence-electron chi connectivity index (χ2n) is 3.19. The van der Waals surface area contributed by atoms with E-state index in [1.807, 2.05) is 18.9 Å². The van der Waals surface area contributed by atoms with Crippen molar-refractivity contribution >= 4 is 34.1 Å². The summed E-state index contributed by atoms with van der Waals surface area (Å²) < 4.78 is 0.734. The van der Waals surface area contributed by atoms with Crippen LogP contribution < -0.4 is 0 Å². The van der Waals surface area contributed by atoms with Gasteiger partial charge >= 0.3 is 0 Å². The maximum Gasteiger partial charge on any atom is 0.159 e. The molecule has 0 aromatic carbocycles. The molecule has 3 nitrogen and oxygen atoms in total. The zero-order valence-electron chi connectivity index (χ0n) is 9.53. The smallest absolute Gasteiger partial charge is 0.159 e. The molecule has 0 aliphatic rings. The van der Waals surface area contributed by atoms with Gasteiger partial charge in [-0.3, -0.25) is 4.79 Å². The number of ketones is 1. The normalized spacial score (nSPS) is 12.0. The van der Waals surface area contributed by atoms with Gasteiger partial charge in [-0.05, 0) is 20.8 Å². The summed E-state index contributed by atoms with van der Waals surface area (Å²) in [4.78, 5) is 13.1. The Hall–Kier alpha value is -0.550. The van der Waals surface area contributed by atoms with Gasteiger partial charge in [-0.1, -0.05) is 24.0 Å². The Morgan fingerprint density at radius 1 is 1.47 bits per heavy atom. The quantitative estimate of drug-likeness (QED) is 0.469. The van der Waals surface area contributed by atoms with Crippen molar-refractivity contribution in [3.05, 3.63) is 11.3 Å². The predicted octanol–water partition coefficient (Wildman–Crippen LogP) is 2.38. The number of Topliss-reactive ketones (excluding diaryl/α,β-unsaturated/α-hetero) is 1. The minimum Gasteiger partial charge on any atom is -0.512 e. The summed E-state index contributed by atoms with van der Waals surface area (Å²) in [5.41, 5.74) is 0.437. The number of hydrogen-bond acceptors (Lipinski definition) is 4. The summed E-state index contributed by atoms with van der Waals surface area (Å²) in [7, 11) is 1.90. The highest BCUT2D eigenvalue weighted by molar-refractivity contribution is 8.23. The van der Waals surface area contributed by atoms with E-state index in [1.54, 1.807) is 0 Å². The standard InChI is InChI=1S/C10H17NO2S2/c1-5-11(4)10(14)15-6-9(7(2)12)8(3)13/h12H,5-6H2,1-4H3. The number of thioether (sulfide) groups is 1. The van der Waals surface area contributed by atoms with E-state index in [-0.39, 0.29) is 11.5 Å². The Bertz CT molecular complexity index is 283. The van der Waals surface area contributed by atoms with Crippen LogP contribution in [0.5, 0.6) is 0 Å². The number of nitrogens with zero attached hydrogens (tertiary/aromatic N) is 1. The fraction of sp³-hybridized carbons (Fsp3) is 0.600. The van der Waals surface area contributed by atoms with Crippen LogP contribution in [0, 0.1) is 0 Å². The SMILES string of the molecule is CCN(C)C(=S)SCC(C(C)=O)=C(C)O. The lowest BCUT2D eigenvalue weighted by Gasteiger charge is -2.17. The molecule has 0 aromatic rings. The first kappa shape index (κ1) is 14.5. The number of thiocarbonyl (C=S) groups is 1. The van der Waals surface area contributed by atoms with E-state index in [2.05, 4.69) is 0 Å². The Kier molecular flexibility index (Phi) is 6.60. The van der Waals surface area contributed by atoms with Crippen molar-refractivity contribution in [2.45, 2.75) is 20.8 Å². The van der Waals surface area contributed by atoms with Crippen molar-refractivity contribution in [3.63, 3.8) is 0 Å². The van der Waals surface area contributed by atoms with Crippen LogP contribution in [0.2, 0.25) is 0 Å². The van der Waals surface area contributed by atoms with Crippen LogP contribution in [-0.4, -0.2) is 39.5 Å². The van der Waals surface area contributed by atoms with Crippen LogP contribution in [0.1, 0.15) is 20.8 Å². The molecular weight excluding hydrogens is 230 g/mol. The summed E-state index contributed by atoms with van der Waals surface area (Å²) in [6.45, 7) is 5.81. The minimum absolute atomic E-state index is 0.0805. The third kappa shape index (κ3) is 5.18. The highest BCUT2D eigenvalue weighted by Crippen LogP contribution is 2.15.